The molecule has 0 fully saturated rings. The van der Waals surface area contributed by atoms with E-state index in [0.29, 0.717) is 30.8 Å². The molecule has 9 nitrogen and oxygen atoms in total. The van der Waals surface area contributed by atoms with Crippen LogP contribution < -0.4 is 20.4 Å². The number of guanidine groups is 1. The number of aromatic nitrogens is 2. The molecular weight excluding hydrogens is 483 g/mol. The molecule has 0 spiro atoms. The third-order valence-electron chi connectivity index (χ3n) is 5.89. The Bertz CT molecular complexity index is 1290. The summed E-state index contributed by atoms with van der Waals surface area (Å²) in [4.78, 5) is 31.9. The first kappa shape index (κ1) is 24.0. The molecule has 3 heterocycles. The highest BCUT2D eigenvalue weighted by Gasteiger charge is 2.41. The normalized spacial score (nSPS) is 14.6. The second kappa shape index (κ2) is 10.1. The first-order valence-corrected chi connectivity index (χ1v) is 12.0. The summed E-state index contributed by atoms with van der Waals surface area (Å²) in [6.45, 7) is 2.87. The first-order valence-electron chi connectivity index (χ1n) is 11.7. The fourth-order valence-corrected chi connectivity index (χ4v) is 4.41. The van der Waals surface area contributed by atoms with Gasteiger partial charge >= 0.3 is 0 Å². The van der Waals surface area contributed by atoms with Crippen LogP contribution in [0.2, 0.25) is 5.02 Å². The molecule has 0 aliphatic carbocycles. The van der Waals surface area contributed by atoms with Gasteiger partial charge in [0.15, 0.2) is 5.82 Å². The Kier molecular flexibility index (Phi) is 6.71. The monoisotopic (exact) mass is 508 g/mol. The summed E-state index contributed by atoms with van der Waals surface area (Å²) in [6.07, 6.45) is 2.50. The summed E-state index contributed by atoms with van der Waals surface area (Å²) < 4.78 is 14.7. The van der Waals surface area contributed by atoms with Gasteiger partial charge in [-0.25, -0.2) is 14.3 Å². The van der Waals surface area contributed by atoms with Gasteiger partial charge in [0, 0.05) is 30.7 Å². The Morgan fingerprint density at radius 3 is 2.67 bits per heavy atom. The summed E-state index contributed by atoms with van der Waals surface area (Å²) in [6, 6.07) is 12.1. The van der Waals surface area contributed by atoms with Crippen LogP contribution >= 0.6 is 11.6 Å². The number of nitrogens with one attached hydrogen (secondary N) is 2. The molecule has 3 aromatic rings. The SMILES string of the molecule is CN(C)CCCNc1ccc(Nc2ncc3c(n2)N2CCN=C2N(c2c(F)cccc2Cl)C3=O)cc1. The number of anilines is 5. The highest BCUT2D eigenvalue weighted by atomic mass is 35.5. The fraction of sp³-hybridized carbons (Fsp3) is 0.280. The number of carbonyl (C=O) groups excluding carboxylic acids is 1. The highest BCUT2D eigenvalue weighted by Crippen LogP contribution is 2.37. The summed E-state index contributed by atoms with van der Waals surface area (Å²) in [5.41, 5.74) is 2.06. The van der Waals surface area contributed by atoms with Crippen LogP contribution in [0.15, 0.2) is 53.7 Å². The van der Waals surface area contributed by atoms with Crippen molar-refractivity contribution < 1.29 is 9.18 Å². The van der Waals surface area contributed by atoms with Crippen LogP contribution in [0.1, 0.15) is 16.8 Å². The second-order valence-electron chi connectivity index (χ2n) is 8.76. The second-order valence-corrected chi connectivity index (χ2v) is 9.17. The molecule has 36 heavy (non-hydrogen) atoms. The van der Waals surface area contributed by atoms with Gasteiger partial charge in [-0.3, -0.25) is 14.7 Å². The maximum Gasteiger partial charge on any atom is 0.270 e. The molecule has 2 aliphatic rings. The van der Waals surface area contributed by atoms with E-state index in [-0.39, 0.29) is 16.3 Å². The van der Waals surface area contributed by atoms with Gasteiger partial charge in [0.1, 0.15) is 17.1 Å². The molecule has 2 aliphatic heterocycles. The van der Waals surface area contributed by atoms with E-state index >= 15 is 0 Å². The number of benzene rings is 2. The van der Waals surface area contributed by atoms with E-state index < -0.39 is 11.7 Å². The van der Waals surface area contributed by atoms with Gasteiger partial charge in [0.05, 0.1) is 11.6 Å². The average Bonchev–Trinajstić information content (AvgIpc) is 3.34. The zero-order valence-corrected chi connectivity index (χ0v) is 20.8. The van der Waals surface area contributed by atoms with Crippen LogP contribution in [0, 0.1) is 5.82 Å². The lowest BCUT2D eigenvalue weighted by Crippen LogP contribution is -2.51. The molecular formula is C25H26ClFN8O. The van der Waals surface area contributed by atoms with Crippen molar-refractivity contribution in [3.05, 3.63) is 65.1 Å². The zero-order chi connectivity index (χ0) is 25.2. The number of para-hydroxylation sites is 1. The van der Waals surface area contributed by atoms with Crippen LogP contribution in [-0.2, 0) is 0 Å². The van der Waals surface area contributed by atoms with Crippen molar-refractivity contribution in [1.82, 2.24) is 14.9 Å². The lowest BCUT2D eigenvalue weighted by atomic mass is 10.1. The number of rotatable bonds is 8. The fourth-order valence-electron chi connectivity index (χ4n) is 4.16. The number of aliphatic imine (C=N–C) groups is 1. The Hall–Kier alpha value is -3.76. The van der Waals surface area contributed by atoms with Crippen molar-refractivity contribution in [2.45, 2.75) is 6.42 Å². The molecule has 2 aromatic carbocycles. The highest BCUT2D eigenvalue weighted by molar-refractivity contribution is 6.38. The molecule has 0 radical (unpaired) electrons. The predicted molar refractivity (Wildman–Crippen MR) is 141 cm³/mol. The van der Waals surface area contributed by atoms with Crippen molar-refractivity contribution >= 4 is 52.3 Å². The number of hydrogen-bond donors (Lipinski definition) is 2. The third-order valence-corrected chi connectivity index (χ3v) is 6.19. The van der Waals surface area contributed by atoms with Crippen LogP contribution in [0.25, 0.3) is 0 Å². The van der Waals surface area contributed by atoms with Gasteiger partial charge in [-0.05, 0) is 63.5 Å². The Labute approximate surface area is 213 Å². The van der Waals surface area contributed by atoms with E-state index in [4.69, 9.17) is 11.6 Å². The standard InChI is InChI=1S/C25H26ClFN8O/c1-33(2)13-4-11-28-16-7-9-17(10-8-16)31-24-30-15-18-22(32-24)34-14-12-29-25(34)35(23(18)36)21-19(26)5-3-6-20(21)27/h3,5-10,15,28H,4,11-14H2,1-2H3,(H,30,31,32). The number of nitrogens with zero attached hydrogens (tertiary/aromatic N) is 6. The van der Waals surface area contributed by atoms with Gasteiger partial charge < -0.3 is 15.5 Å². The van der Waals surface area contributed by atoms with Gasteiger partial charge in [0.2, 0.25) is 11.9 Å². The van der Waals surface area contributed by atoms with E-state index in [1.165, 1.54) is 29.3 Å². The van der Waals surface area contributed by atoms with Crippen molar-refractivity contribution in [1.29, 1.82) is 0 Å². The topological polar surface area (TPSA) is 89.0 Å². The van der Waals surface area contributed by atoms with Crippen molar-refractivity contribution in [3.63, 3.8) is 0 Å². The minimum atomic E-state index is -0.608. The molecule has 11 heteroatoms. The molecule has 0 saturated heterocycles. The Balaban J connectivity index is 1.35. The van der Waals surface area contributed by atoms with Crippen LogP contribution in [0.3, 0.4) is 0 Å². The quantitative estimate of drug-likeness (QED) is 0.440. The Morgan fingerprint density at radius 1 is 1.14 bits per heavy atom. The van der Waals surface area contributed by atoms with Crippen LogP contribution in [-0.4, -0.2) is 67.0 Å². The smallest absolute Gasteiger partial charge is 0.270 e. The zero-order valence-electron chi connectivity index (χ0n) is 20.0. The number of hydrogen-bond acceptors (Lipinski definition) is 8. The number of fused-ring (bicyclic) bond motifs is 3. The first-order chi connectivity index (χ1) is 17.4. The van der Waals surface area contributed by atoms with Gasteiger partial charge in [-0.15, -0.1) is 0 Å². The van der Waals surface area contributed by atoms with E-state index in [9.17, 15) is 9.18 Å². The molecule has 0 saturated carbocycles. The predicted octanol–water partition coefficient (Wildman–Crippen LogP) is 4.21. The molecule has 2 N–H and O–H groups in total. The molecule has 186 valence electrons. The molecule has 5 rings (SSSR count). The van der Waals surface area contributed by atoms with Crippen molar-refractivity contribution in [2.24, 2.45) is 4.99 Å². The average molecular weight is 509 g/mol. The molecule has 0 bridgehead atoms. The van der Waals surface area contributed by atoms with E-state index in [1.807, 2.05) is 24.3 Å². The number of amides is 1. The van der Waals surface area contributed by atoms with E-state index in [1.54, 1.807) is 4.90 Å². The molecule has 1 aromatic heterocycles. The summed E-state index contributed by atoms with van der Waals surface area (Å²) in [5.74, 6) is -0.0174. The lowest BCUT2D eigenvalue weighted by Gasteiger charge is -2.35. The summed E-state index contributed by atoms with van der Waals surface area (Å²) >= 11 is 6.27. The van der Waals surface area contributed by atoms with Gasteiger partial charge in [-0.1, -0.05) is 17.7 Å². The molecule has 0 atom stereocenters. The summed E-state index contributed by atoms with van der Waals surface area (Å²) in [5, 5.41) is 6.72. The van der Waals surface area contributed by atoms with Crippen LogP contribution in [0.4, 0.5) is 33.2 Å². The summed E-state index contributed by atoms with van der Waals surface area (Å²) in [7, 11) is 4.12. The maximum atomic E-state index is 14.7. The minimum Gasteiger partial charge on any atom is -0.385 e. The lowest BCUT2D eigenvalue weighted by molar-refractivity contribution is 0.0999. The largest absolute Gasteiger partial charge is 0.385 e. The van der Waals surface area contributed by atoms with E-state index in [2.05, 4.69) is 44.6 Å². The third kappa shape index (κ3) is 4.69. The van der Waals surface area contributed by atoms with Crippen molar-refractivity contribution in [2.75, 3.05) is 60.7 Å². The van der Waals surface area contributed by atoms with Crippen molar-refractivity contribution in [3.8, 4) is 0 Å². The minimum absolute atomic E-state index is 0.0296. The molecule has 1 amide bonds. The van der Waals surface area contributed by atoms with Gasteiger partial charge in [0.25, 0.3) is 5.91 Å². The molecule has 0 unspecified atom stereocenters. The number of halogens is 2. The van der Waals surface area contributed by atoms with Crippen LogP contribution in [0.5, 0.6) is 0 Å². The maximum absolute atomic E-state index is 14.7. The van der Waals surface area contributed by atoms with Gasteiger partial charge in [-0.2, -0.15) is 4.98 Å². The van der Waals surface area contributed by atoms with E-state index in [0.717, 1.165) is 30.9 Å². The number of carbonyl (C=O) groups is 1. The Morgan fingerprint density at radius 2 is 1.92 bits per heavy atom.